The molecule has 3 aromatic carbocycles. The van der Waals surface area contributed by atoms with E-state index in [0.717, 1.165) is 35.5 Å². The van der Waals surface area contributed by atoms with Crippen LogP contribution in [0.1, 0.15) is 21.5 Å². The fraction of sp³-hybridized carbons (Fsp3) is 0.276. The zero-order chi connectivity index (χ0) is 24.5. The van der Waals surface area contributed by atoms with Crippen molar-refractivity contribution in [3.63, 3.8) is 0 Å². The van der Waals surface area contributed by atoms with Crippen LogP contribution in [0.25, 0.3) is 17.2 Å². The second-order valence-electron chi connectivity index (χ2n) is 8.70. The van der Waals surface area contributed by atoms with E-state index >= 15 is 0 Å². The number of methoxy groups -OCH3 is 1. The summed E-state index contributed by atoms with van der Waals surface area (Å²) in [7, 11) is 9.71. The normalized spacial score (nSPS) is 11.4. The molecule has 0 N–H and O–H groups in total. The number of likely N-dealkylation sites (N-methyl/N-ethyl adjacent to an activating group) is 1. The molecule has 0 heterocycles. The standard InChI is InChI=1S/C29H34N2O3/c1-30(2)18-19-34-29-17-15-23(25-12-8-9-13-28(25)33-5)20-26(29)27(32)16-14-22-10-6-7-11-24(22)21-31(3)4/h6-17,20H,18-19,21H2,1-5H3/b16-14+. The number of ether oxygens (including phenoxy) is 2. The highest BCUT2D eigenvalue weighted by Gasteiger charge is 2.15. The maximum atomic E-state index is 13.4. The van der Waals surface area contributed by atoms with E-state index in [1.807, 2.05) is 99.8 Å². The van der Waals surface area contributed by atoms with Gasteiger partial charge in [0.25, 0.3) is 0 Å². The van der Waals surface area contributed by atoms with Crippen molar-refractivity contribution in [2.45, 2.75) is 6.54 Å². The first kappa shape index (κ1) is 25.2. The lowest BCUT2D eigenvalue weighted by Gasteiger charge is -2.15. The molecule has 0 unspecified atom stereocenters. The Bertz CT molecular complexity index is 1140. The highest BCUT2D eigenvalue weighted by Crippen LogP contribution is 2.33. The van der Waals surface area contributed by atoms with Crippen LogP contribution < -0.4 is 9.47 Å². The molecule has 34 heavy (non-hydrogen) atoms. The molecule has 3 aromatic rings. The predicted molar refractivity (Wildman–Crippen MR) is 140 cm³/mol. The fourth-order valence-electron chi connectivity index (χ4n) is 3.67. The van der Waals surface area contributed by atoms with Gasteiger partial charge in [0.2, 0.25) is 0 Å². The molecule has 3 rings (SSSR count). The van der Waals surface area contributed by atoms with Crippen LogP contribution in [0, 0.1) is 0 Å². The van der Waals surface area contributed by atoms with Crippen molar-refractivity contribution in [2.75, 3.05) is 48.5 Å². The number of allylic oxidation sites excluding steroid dienone is 1. The summed E-state index contributed by atoms with van der Waals surface area (Å²) in [4.78, 5) is 17.5. The molecular formula is C29H34N2O3. The van der Waals surface area contributed by atoms with Crippen LogP contribution in [-0.4, -0.2) is 64.0 Å². The Balaban J connectivity index is 1.96. The lowest BCUT2D eigenvalue weighted by molar-refractivity contribution is 0.104. The largest absolute Gasteiger partial charge is 0.496 e. The van der Waals surface area contributed by atoms with Crippen molar-refractivity contribution in [3.05, 3.63) is 89.5 Å². The molecular weight excluding hydrogens is 424 g/mol. The average Bonchev–Trinajstić information content (AvgIpc) is 2.83. The van der Waals surface area contributed by atoms with Gasteiger partial charge in [0.15, 0.2) is 5.78 Å². The Labute approximate surface area is 203 Å². The third-order valence-corrected chi connectivity index (χ3v) is 5.42. The molecule has 0 aromatic heterocycles. The highest BCUT2D eigenvalue weighted by atomic mass is 16.5. The molecule has 0 saturated carbocycles. The molecule has 0 radical (unpaired) electrons. The van der Waals surface area contributed by atoms with Crippen molar-refractivity contribution in [1.29, 1.82) is 0 Å². The molecule has 0 aliphatic carbocycles. The number of para-hydroxylation sites is 1. The highest BCUT2D eigenvalue weighted by molar-refractivity contribution is 6.09. The smallest absolute Gasteiger partial charge is 0.189 e. The van der Waals surface area contributed by atoms with Gasteiger partial charge in [0.1, 0.15) is 18.1 Å². The minimum absolute atomic E-state index is 0.101. The van der Waals surface area contributed by atoms with Crippen LogP contribution in [0.3, 0.4) is 0 Å². The summed E-state index contributed by atoms with van der Waals surface area (Å²) in [6.45, 7) is 2.06. The molecule has 0 amide bonds. The first-order valence-electron chi connectivity index (χ1n) is 11.4. The second-order valence-corrected chi connectivity index (χ2v) is 8.70. The molecule has 0 aliphatic heterocycles. The summed E-state index contributed by atoms with van der Waals surface area (Å²) < 4.78 is 11.5. The summed E-state index contributed by atoms with van der Waals surface area (Å²) in [5.74, 6) is 1.24. The van der Waals surface area contributed by atoms with E-state index in [1.165, 1.54) is 5.56 Å². The molecule has 0 fully saturated rings. The number of nitrogens with zero attached hydrogens (tertiary/aromatic N) is 2. The topological polar surface area (TPSA) is 42.0 Å². The zero-order valence-electron chi connectivity index (χ0n) is 20.7. The third kappa shape index (κ3) is 6.80. The number of rotatable bonds is 11. The van der Waals surface area contributed by atoms with E-state index in [4.69, 9.17) is 9.47 Å². The van der Waals surface area contributed by atoms with Crippen LogP contribution >= 0.6 is 0 Å². The van der Waals surface area contributed by atoms with Crippen molar-refractivity contribution in [1.82, 2.24) is 9.80 Å². The van der Waals surface area contributed by atoms with E-state index in [2.05, 4.69) is 11.0 Å². The van der Waals surface area contributed by atoms with Crippen molar-refractivity contribution < 1.29 is 14.3 Å². The predicted octanol–water partition coefficient (Wildman–Crippen LogP) is 5.26. The van der Waals surface area contributed by atoms with Gasteiger partial charge in [0.05, 0.1) is 12.7 Å². The van der Waals surface area contributed by atoms with Gasteiger partial charge in [-0.1, -0.05) is 54.6 Å². The molecule has 0 aliphatic rings. The lowest BCUT2D eigenvalue weighted by Crippen LogP contribution is -2.20. The Kier molecular flexibility index (Phi) is 9.02. The summed E-state index contributed by atoms with van der Waals surface area (Å²) in [6, 6.07) is 21.7. The fourth-order valence-corrected chi connectivity index (χ4v) is 3.67. The first-order chi connectivity index (χ1) is 16.4. The Morgan fingerprint density at radius 1 is 0.882 bits per heavy atom. The molecule has 0 bridgehead atoms. The van der Waals surface area contributed by atoms with E-state index < -0.39 is 0 Å². The number of hydrogen-bond donors (Lipinski definition) is 0. The average molecular weight is 459 g/mol. The Morgan fingerprint density at radius 2 is 1.62 bits per heavy atom. The SMILES string of the molecule is COc1ccccc1-c1ccc(OCCN(C)C)c(C(=O)/C=C/c2ccccc2CN(C)C)c1. The summed E-state index contributed by atoms with van der Waals surface area (Å²) >= 11 is 0. The number of hydrogen-bond acceptors (Lipinski definition) is 5. The van der Waals surface area contributed by atoms with Crippen LogP contribution in [0.2, 0.25) is 0 Å². The summed E-state index contributed by atoms with van der Waals surface area (Å²) in [6.07, 6.45) is 3.52. The van der Waals surface area contributed by atoms with Crippen LogP contribution in [0.15, 0.2) is 72.8 Å². The van der Waals surface area contributed by atoms with Crippen molar-refractivity contribution in [3.8, 4) is 22.6 Å². The summed E-state index contributed by atoms with van der Waals surface area (Å²) in [5.41, 5.74) is 4.56. The van der Waals surface area contributed by atoms with Crippen LogP contribution in [0.4, 0.5) is 0 Å². The first-order valence-corrected chi connectivity index (χ1v) is 11.4. The summed E-state index contributed by atoms with van der Waals surface area (Å²) in [5, 5.41) is 0. The van der Waals surface area contributed by atoms with Gasteiger partial charge in [-0.05, 0) is 69.2 Å². The van der Waals surface area contributed by atoms with Crippen LogP contribution in [-0.2, 0) is 6.54 Å². The van der Waals surface area contributed by atoms with Gasteiger partial charge >= 0.3 is 0 Å². The van der Waals surface area contributed by atoms with E-state index in [-0.39, 0.29) is 5.78 Å². The van der Waals surface area contributed by atoms with Crippen LogP contribution in [0.5, 0.6) is 11.5 Å². The van der Waals surface area contributed by atoms with Gasteiger partial charge in [-0.15, -0.1) is 0 Å². The number of carbonyl (C=O) groups is 1. The van der Waals surface area contributed by atoms with Crippen molar-refractivity contribution >= 4 is 11.9 Å². The van der Waals surface area contributed by atoms with E-state index in [0.29, 0.717) is 17.9 Å². The van der Waals surface area contributed by atoms with Gasteiger partial charge in [0, 0.05) is 18.7 Å². The van der Waals surface area contributed by atoms with E-state index in [9.17, 15) is 4.79 Å². The lowest BCUT2D eigenvalue weighted by atomic mass is 9.98. The molecule has 5 heteroatoms. The van der Waals surface area contributed by atoms with Gasteiger partial charge in [-0.25, -0.2) is 0 Å². The monoisotopic (exact) mass is 458 g/mol. The zero-order valence-corrected chi connectivity index (χ0v) is 20.7. The third-order valence-electron chi connectivity index (χ3n) is 5.42. The molecule has 0 atom stereocenters. The second kappa shape index (κ2) is 12.2. The molecule has 5 nitrogen and oxygen atoms in total. The number of carbonyl (C=O) groups excluding carboxylic acids is 1. The van der Waals surface area contributed by atoms with E-state index in [1.54, 1.807) is 13.2 Å². The number of benzene rings is 3. The molecule has 178 valence electrons. The van der Waals surface area contributed by atoms with Crippen molar-refractivity contribution in [2.24, 2.45) is 0 Å². The molecule has 0 spiro atoms. The molecule has 0 saturated heterocycles. The number of ketones is 1. The maximum absolute atomic E-state index is 13.4. The van der Waals surface area contributed by atoms with Gasteiger partial charge < -0.3 is 19.3 Å². The minimum atomic E-state index is -0.101. The van der Waals surface area contributed by atoms with Gasteiger partial charge in [-0.2, -0.15) is 0 Å². The maximum Gasteiger partial charge on any atom is 0.189 e. The quantitative estimate of drug-likeness (QED) is 0.290. The van der Waals surface area contributed by atoms with Gasteiger partial charge in [-0.3, -0.25) is 4.79 Å². The minimum Gasteiger partial charge on any atom is -0.496 e. The Hall–Kier alpha value is -3.41. The Morgan fingerprint density at radius 3 is 2.35 bits per heavy atom.